The van der Waals surface area contributed by atoms with Crippen molar-refractivity contribution in [1.29, 1.82) is 0 Å². The van der Waals surface area contributed by atoms with Gasteiger partial charge in [-0.1, -0.05) is 24.3 Å². The number of hydrogen-bond donors (Lipinski definition) is 0. The van der Waals surface area contributed by atoms with E-state index in [1.807, 2.05) is 19.1 Å². The third-order valence-electron chi connectivity index (χ3n) is 4.36. The molecular weight excluding hydrogens is 375 g/mol. The lowest BCUT2D eigenvalue weighted by molar-refractivity contribution is 0.287. The van der Waals surface area contributed by atoms with E-state index in [1.165, 1.54) is 23.9 Å². The normalized spacial score (nSPS) is 12.3. The van der Waals surface area contributed by atoms with Crippen LogP contribution in [0.3, 0.4) is 0 Å². The molecule has 1 aromatic heterocycles. The molecule has 0 saturated carbocycles. The Balaban J connectivity index is 1.78. The average Bonchev–Trinajstić information content (AvgIpc) is 3.04. The summed E-state index contributed by atoms with van der Waals surface area (Å²) in [7, 11) is 1.54. The Morgan fingerprint density at radius 2 is 1.83 bits per heavy atom. The summed E-state index contributed by atoms with van der Waals surface area (Å²) in [5.41, 5.74) is 3.40. The van der Waals surface area contributed by atoms with E-state index in [2.05, 4.69) is 20.6 Å². The van der Waals surface area contributed by atoms with Crippen LogP contribution in [0.5, 0.6) is 0 Å². The molecule has 0 spiro atoms. The lowest BCUT2D eigenvalue weighted by Crippen LogP contribution is -2.23. The zero-order valence-electron chi connectivity index (χ0n) is 16.6. The predicted octanol–water partition coefficient (Wildman–Crippen LogP) is 2.77. The van der Waals surface area contributed by atoms with Gasteiger partial charge in [0.1, 0.15) is 12.4 Å². The van der Waals surface area contributed by atoms with Crippen molar-refractivity contribution >= 4 is 11.6 Å². The summed E-state index contributed by atoms with van der Waals surface area (Å²) in [6.07, 6.45) is 0. The van der Waals surface area contributed by atoms with Crippen molar-refractivity contribution < 1.29 is 9.13 Å². The van der Waals surface area contributed by atoms with Crippen LogP contribution < -0.4 is 5.69 Å². The number of rotatable bonds is 5. The van der Waals surface area contributed by atoms with Gasteiger partial charge in [0.25, 0.3) is 0 Å². The molecule has 0 aliphatic rings. The molecule has 3 aromatic rings. The molecule has 0 bridgehead atoms. The maximum absolute atomic E-state index is 13.0. The van der Waals surface area contributed by atoms with E-state index in [0.29, 0.717) is 17.3 Å². The summed E-state index contributed by atoms with van der Waals surface area (Å²) in [6.45, 7) is 5.58. The highest BCUT2D eigenvalue weighted by molar-refractivity contribution is 5.98. The fourth-order valence-corrected chi connectivity index (χ4v) is 2.64. The van der Waals surface area contributed by atoms with Gasteiger partial charge in [-0.3, -0.25) is 0 Å². The standard InChI is InChI=1S/C20H21FN6O2/c1-13-6-5-7-19(27-20(28)26(4)24-25-27)18(13)12-29-15(3)23-22-14(2)16-8-10-17(21)11-9-16/h5-11H,12H2,1-4H3/b22-14+,23-15+. The van der Waals surface area contributed by atoms with Gasteiger partial charge >= 0.3 is 5.69 Å². The molecular formula is C20H21FN6O2. The third-order valence-corrected chi connectivity index (χ3v) is 4.36. The summed E-state index contributed by atoms with van der Waals surface area (Å²) >= 11 is 0. The molecule has 29 heavy (non-hydrogen) atoms. The van der Waals surface area contributed by atoms with Crippen molar-refractivity contribution in [2.45, 2.75) is 27.4 Å². The number of halogens is 1. The van der Waals surface area contributed by atoms with E-state index in [4.69, 9.17) is 4.74 Å². The Labute approximate surface area is 166 Å². The molecule has 2 aromatic carbocycles. The second-order valence-corrected chi connectivity index (χ2v) is 6.47. The molecule has 0 N–H and O–H groups in total. The van der Waals surface area contributed by atoms with Crippen LogP contribution in [0.4, 0.5) is 4.39 Å². The Kier molecular flexibility index (Phi) is 5.96. The highest BCUT2D eigenvalue weighted by Crippen LogP contribution is 2.18. The molecule has 9 heteroatoms. The Bertz CT molecular complexity index is 1130. The highest BCUT2D eigenvalue weighted by atomic mass is 19.1. The molecule has 3 rings (SSSR count). The number of benzene rings is 2. The smallest absolute Gasteiger partial charge is 0.368 e. The number of aromatic nitrogens is 4. The fourth-order valence-electron chi connectivity index (χ4n) is 2.64. The fraction of sp³-hybridized carbons (Fsp3) is 0.250. The topological polar surface area (TPSA) is 86.7 Å². The quantitative estimate of drug-likeness (QED) is 0.377. The van der Waals surface area contributed by atoms with E-state index in [-0.39, 0.29) is 18.1 Å². The Hall–Kier alpha value is -3.62. The lowest BCUT2D eigenvalue weighted by atomic mass is 10.1. The van der Waals surface area contributed by atoms with Crippen LogP contribution in [0, 0.1) is 12.7 Å². The first-order chi connectivity index (χ1) is 13.9. The summed E-state index contributed by atoms with van der Waals surface area (Å²) in [4.78, 5) is 12.2. The average molecular weight is 396 g/mol. The zero-order valence-corrected chi connectivity index (χ0v) is 16.6. The molecule has 0 fully saturated rings. The van der Waals surface area contributed by atoms with Crippen molar-refractivity contribution in [3.63, 3.8) is 0 Å². The predicted molar refractivity (Wildman–Crippen MR) is 108 cm³/mol. The minimum atomic E-state index is -0.346. The third kappa shape index (κ3) is 4.63. The molecule has 1 heterocycles. The van der Waals surface area contributed by atoms with Gasteiger partial charge < -0.3 is 4.74 Å². The van der Waals surface area contributed by atoms with Crippen molar-refractivity contribution in [2.75, 3.05) is 0 Å². The van der Waals surface area contributed by atoms with Crippen LogP contribution in [-0.2, 0) is 18.4 Å². The van der Waals surface area contributed by atoms with Crippen LogP contribution in [0.15, 0.2) is 57.5 Å². The summed E-state index contributed by atoms with van der Waals surface area (Å²) in [6, 6.07) is 11.6. The van der Waals surface area contributed by atoms with E-state index < -0.39 is 0 Å². The van der Waals surface area contributed by atoms with Gasteiger partial charge in [-0.15, -0.1) is 5.10 Å². The van der Waals surface area contributed by atoms with Gasteiger partial charge in [-0.25, -0.2) is 9.18 Å². The first-order valence-corrected chi connectivity index (χ1v) is 8.92. The van der Waals surface area contributed by atoms with Gasteiger partial charge in [-0.05, 0) is 53.6 Å². The van der Waals surface area contributed by atoms with E-state index in [0.717, 1.165) is 21.4 Å². The van der Waals surface area contributed by atoms with Gasteiger partial charge in [0.15, 0.2) is 0 Å². The van der Waals surface area contributed by atoms with Crippen LogP contribution in [-0.4, -0.2) is 31.4 Å². The second kappa shape index (κ2) is 8.59. The minimum absolute atomic E-state index is 0.186. The summed E-state index contributed by atoms with van der Waals surface area (Å²) < 4.78 is 21.1. The number of nitrogens with zero attached hydrogens (tertiary/aromatic N) is 6. The molecule has 8 nitrogen and oxygen atoms in total. The molecule has 0 amide bonds. The van der Waals surface area contributed by atoms with Gasteiger partial charge in [0.2, 0.25) is 5.90 Å². The van der Waals surface area contributed by atoms with Crippen molar-refractivity contribution in [1.82, 2.24) is 19.8 Å². The monoisotopic (exact) mass is 396 g/mol. The molecule has 150 valence electrons. The molecule has 0 atom stereocenters. The van der Waals surface area contributed by atoms with Crippen LogP contribution in [0.2, 0.25) is 0 Å². The Morgan fingerprint density at radius 3 is 2.48 bits per heavy atom. The number of ether oxygens (including phenoxy) is 1. The first kappa shape index (κ1) is 20.1. The highest BCUT2D eigenvalue weighted by Gasteiger charge is 2.13. The van der Waals surface area contributed by atoms with Crippen LogP contribution in [0.25, 0.3) is 5.69 Å². The van der Waals surface area contributed by atoms with E-state index in [1.54, 1.807) is 32.0 Å². The maximum atomic E-state index is 13.0. The maximum Gasteiger partial charge on any atom is 0.368 e. The van der Waals surface area contributed by atoms with Gasteiger partial charge in [0.05, 0.1) is 11.4 Å². The summed E-state index contributed by atoms with van der Waals surface area (Å²) in [5, 5.41) is 15.9. The minimum Gasteiger partial charge on any atom is -0.475 e. The Morgan fingerprint density at radius 1 is 1.10 bits per heavy atom. The molecule has 0 radical (unpaired) electrons. The molecule has 0 unspecified atom stereocenters. The SMILES string of the molecule is C/C(=N\N=C(/C)c1ccc(F)cc1)OCc1c(C)cccc1-n1nnn(C)c1=O. The lowest BCUT2D eigenvalue weighted by Gasteiger charge is -2.12. The largest absolute Gasteiger partial charge is 0.475 e. The molecule has 0 aliphatic heterocycles. The molecule has 0 aliphatic carbocycles. The van der Waals surface area contributed by atoms with E-state index in [9.17, 15) is 9.18 Å². The number of hydrogen-bond acceptors (Lipinski definition) is 6. The van der Waals surface area contributed by atoms with Crippen LogP contribution >= 0.6 is 0 Å². The van der Waals surface area contributed by atoms with E-state index >= 15 is 0 Å². The van der Waals surface area contributed by atoms with Crippen molar-refractivity contribution in [3.05, 3.63) is 75.5 Å². The van der Waals surface area contributed by atoms with Crippen LogP contribution in [0.1, 0.15) is 30.5 Å². The van der Waals surface area contributed by atoms with Gasteiger partial charge in [-0.2, -0.15) is 14.5 Å². The first-order valence-electron chi connectivity index (χ1n) is 8.92. The second-order valence-electron chi connectivity index (χ2n) is 6.47. The van der Waals surface area contributed by atoms with Gasteiger partial charge in [0, 0.05) is 19.5 Å². The number of aryl methyl sites for hydroxylation is 2. The zero-order chi connectivity index (χ0) is 21.0. The van der Waals surface area contributed by atoms with Crippen molar-refractivity contribution in [3.8, 4) is 5.69 Å². The number of tetrazole rings is 1. The molecule has 0 saturated heterocycles. The summed E-state index contributed by atoms with van der Waals surface area (Å²) in [5.74, 6) is 0.0490. The van der Waals surface area contributed by atoms with Crippen molar-refractivity contribution in [2.24, 2.45) is 17.3 Å².